The van der Waals surface area contributed by atoms with E-state index in [4.69, 9.17) is 9.29 Å². The van der Waals surface area contributed by atoms with E-state index in [9.17, 15) is 13.5 Å². The van der Waals surface area contributed by atoms with Gasteiger partial charge in [-0.15, -0.1) is 0 Å². The van der Waals surface area contributed by atoms with E-state index in [2.05, 4.69) is 6.92 Å². The van der Waals surface area contributed by atoms with Gasteiger partial charge in [0.15, 0.2) is 0 Å². The summed E-state index contributed by atoms with van der Waals surface area (Å²) in [6.07, 6.45) is 5.39. The third-order valence-corrected chi connectivity index (χ3v) is 4.58. The zero-order valence-electron chi connectivity index (χ0n) is 13.6. The Balaban J connectivity index is 2.01. The largest absolute Gasteiger partial charge is 0.508 e. The molecule has 2 aromatic rings. The van der Waals surface area contributed by atoms with Crippen LogP contribution in [0.4, 0.5) is 0 Å². The molecule has 130 valence electrons. The molecular formula is C18H22O5S. The lowest BCUT2D eigenvalue weighted by molar-refractivity contribution is 0.448. The molecule has 5 nitrogen and oxygen atoms in total. The van der Waals surface area contributed by atoms with Crippen molar-refractivity contribution in [2.24, 2.45) is 0 Å². The Bertz CT molecular complexity index is 766. The van der Waals surface area contributed by atoms with Gasteiger partial charge in [-0.25, -0.2) is 0 Å². The van der Waals surface area contributed by atoms with Gasteiger partial charge in [-0.2, -0.15) is 8.42 Å². The summed E-state index contributed by atoms with van der Waals surface area (Å²) in [5.74, 6) is 1.07. The van der Waals surface area contributed by atoms with Crippen LogP contribution in [0.2, 0.25) is 0 Å². The first-order chi connectivity index (χ1) is 11.4. The van der Waals surface area contributed by atoms with Crippen LogP contribution in [0.15, 0.2) is 47.4 Å². The zero-order chi connectivity index (χ0) is 17.6. The number of unbranched alkanes of at least 4 members (excludes halogenated alkanes) is 3. The average molecular weight is 350 g/mol. The molecule has 6 heteroatoms. The number of hydrogen-bond acceptors (Lipinski definition) is 4. The molecule has 0 heterocycles. The number of aromatic hydroxyl groups is 1. The fourth-order valence-electron chi connectivity index (χ4n) is 2.38. The molecule has 0 aliphatic heterocycles. The minimum atomic E-state index is -4.21. The van der Waals surface area contributed by atoms with Crippen molar-refractivity contribution < 1.29 is 22.8 Å². The third kappa shape index (κ3) is 5.25. The van der Waals surface area contributed by atoms with E-state index in [-0.39, 0.29) is 10.6 Å². The molecule has 0 radical (unpaired) electrons. The Morgan fingerprint density at radius 3 is 2.21 bits per heavy atom. The molecule has 0 aliphatic carbocycles. The van der Waals surface area contributed by atoms with Gasteiger partial charge >= 0.3 is 0 Å². The monoisotopic (exact) mass is 350 g/mol. The lowest BCUT2D eigenvalue weighted by Gasteiger charge is -2.09. The highest BCUT2D eigenvalue weighted by Crippen LogP contribution is 2.29. The van der Waals surface area contributed by atoms with E-state index < -0.39 is 10.1 Å². The van der Waals surface area contributed by atoms with Gasteiger partial charge in [0.1, 0.15) is 17.2 Å². The van der Waals surface area contributed by atoms with Crippen LogP contribution in [0, 0.1) is 0 Å². The molecule has 0 amide bonds. The summed E-state index contributed by atoms with van der Waals surface area (Å²) in [5, 5.41) is 10.1. The Hall–Kier alpha value is -2.05. The van der Waals surface area contributed by atoms with Crippen LogP contribution >= 0.6 is 0 Å². The van der Waals surface area contributed by atoms with Crippen molar-refractivity contribution in [3.05, 3.63) is 48.0 Å². The van der Waals surface area contributed by atoms with Gasteiger partial charge in [-0.1, -0.05) is 32.3 Å². The average Bonchev–Trinajstić information content (AvgIpc) is 2.53. The Kier molecular flexibility index (Phi) is 6.23. The summed E-state index contributed by atoms with van der Waals surface area (Å²) < 4.78 is 36.5. The van der Waals surface area contributed by atoms with E-state index in [1.807, 2.05) is 6.07 Å². The molecule has 2 rings (SSSR count). The van der Waals surface area contributed by atoms with Gasteiger partial charge in [0.25, 0.3) is 10.1 Å². The van der Waals surface area contributed by atoms with Crippen molar-refractivity contribution in [1.82, 2.24) is 0 Å². The lowest BCUT2D eigenvalue weighted by Crippen LogP contribution is -1.97. The molecule has 0 spiro atoms. The topological polar surface area (TPSA) is 83.8 Å². The van der Waals surface area contributed by atoms with Gasteiger partial charge < -0.3 is 9.84 Å². The minimum Gasteiger partial charge on any atom is -0.508 e. The third-order valence-electron chi connectivity index (χ3n) is 3.71. The highest BCUT2D eigenvalue weighted by atomic mass is 32.2. The zero-order valence-corrected chi connectivity index (χ0v) is 14.4. The molecule has 0 aromatic heterocycles. The van der Waals surface area contributed by atoms with Gasteiger partial charge in [-0.05, 0) is 48.7 Å². The van der Waals surface area contributed by atoms with E-state index >= 15 is 0 Å². The van der Waals surface area contributed by atoms with Crippen LogP contribution in [-0.2, 0) is 16.5 Å². The summed E-state index contributed by atoms with van der Waals surface area (Å²) >= 11 is 0. The van der Waals surface area contributed by atoms with Crippen LogP contribution in [0.1, 0.15) is 38.2 Å². The number of ether oxygens (including phenoxy) is 1. The fourth-order valence-corrected chi connectivity index (χ4v) is 2.86. The summed E-state index contributed by atoms with van der Waals surface area (Å²) in [7, 11) is -4.21. The number of aryl methyl sites for hydroxylation is 1. The first kappa shape index (κ1) is 18.3. The van der Waals surface area contributed by atoms with E-state index in [1.54, 1.807) is 12.1 Å². The Morgan fingerprint density at radius 2 is 1.62 bits per heavy atom. The molecule has 0 unspecified atom stereocenters. The van der Waals surface area contributed by atoms with Crippen LogP contribution in [0.3, 0.4) is 0 Å². The Morgan fingerprint density at radius 1 is 0.958 bits per heavy atom. The number of phenols is 1. The van der Waals surface area contributed by atoms with Crippen LogP contribution in [-0.4, -0.2) is 18.1 Å². The van der Waals surface area contributed by atoms with Crippen molar-refractivity contribution in [2.45, 2.75) is 43.9 Å². The SMILES string of the molecule is CCCCCCc1ccc(Oc2ccc(S(=O)(=O)O)cc2)cc1O. The highest BCUT2D eigenvalue weighted by Gasteiger charge is 2.09. The second-order valence-corrected chi connectivity index (χ2v) is 7.07. The maximum absolute atomic E-state index is 11.0. The van der Waals surface area contributed by atoms with Gasteiger partial charge in [0.2, 0.25) is 0 Å². The van der Waals surface area contributed by atoms with E-state index in [0.717, 1.165) is 24.8 Å². The molecule has 0 bridgehead atoms. The Labute approximate surface area is 142 Å². The van der Waals surface area contributed by atoms with Crippen molar-refractivity contribution in [2.75, 3.05) is 0 Å². The number of benzene rings is 2. The van der Waals surface area contributed by atoms with Gasteiger partial charge in [-0.3, -0.25) is 4.55 Å². The van der Waals surface area contributed by atoms with Crippen molar-refractivity contribution in [3.8, 4) is 17.2 Å². The van der Waals surface area contributed by atoms with Crippen LogP contribution in [0.5, 0.6) is 17.2 Å². The van der Waals surface area contributed by atoms with E-state index in [0.29, 0.717) is 11.5 Å². The van der Waals surface area contributed by atoms with Gasteiger partial charge in [0.05, 0.1) is 4.90 Å². The lowest BCUT2D eigenvalue weighted by atomic mass is 10.1. The first-order valence-electron chi connectivity index (χ1n) is 7.97. The van der Waals surface area contributed by atoms with Crippen molar-refractivity contribution in [3.63, 3.8) is 0 Å². The van der Waals surface area contributed by atoms with Crippen LogP contribution in [0.25, 0.3) is 0 Å². The summed E-state index contributed by atoms with van der Waals surface area (Å²) in [6, 6.07) is 10.6. The predicted molar refractivity (Wildman–Crippen MR) is 92.3 cm³/mol. The molecule has 0 aliphatic rings. The van der Waals surface area contributed by atoms with E-state index in [1.165, 1.54) is 37.1 Å². The molecular weight excluding hydrogens is 328 g/mol. The number of phenolic OH excluding ortho intramolecular Hbond substituents is 1. The second kappa shape index (κ2) is 8.17. The highest BCUT2D eigenvalue weighted by molar-refractivity contribution is 7.85. The number of rotatable bonds is 8. The summed E-state index contributed by atoms with van der Waals surface area (Å²) in [4.78, 5) is -0.194. The maximum Gasteiger partial charge on any atom is 0.294 e. The standard InChI is InChI=1S/C18H22O5S/c1-2-3-4-5-6-14-7-8-16(13-18(14)19)23-15-9-11-17(12-10-15)24(20,21)22/h7-13,19H,2-6H2,1H3,(H,20,21,22). The minimum absolute atomic E-state index is 0.193. The number of hydrogen-bond donors (Lipinski definition) is 2. The summed E-state index contributed by atoms with van der Waals surface area (Å²) in [5.41, 5.74) is 0.889. The quantitative estimate of drug-likeness (QED) is 0.539. The molecule has 0 fully saturated rings. The first-order valence-corrected chi connectivity index (χ1v) is 9.41. The van der Waals surface area contributed by atoms with Crippen molar-refractivity contribution in [1.29, 1.82) is 0 Å². The predicted octanol–water partition coefficient (Wildman–Crippen LogP) is 4.55. The normalized spacial score (nSPS) is 11.4. The van der Waals surface area contributed by atoms with Crippen LogP contribution < -0.4 is 4.74 Å². The molecule has 24 heavy (non-hydrogen) atoms. The second-order valence-electron chi connectivity index (χ2n) is 5.65. The van der Waals surface area contributed by atoms with Crippen molar-refractivity contribution >= 4 is 10.1 Å². The smallest absolute Gasteiger partial charge is 0.294 e. The molecule has 0 saturated heterocycles. The fraction of sp³-hybridized carbons (Fsp3) is 0.333. The maximum atomic E-state index is 11.0. The molecule has 0 saturated carbocycles. The molecule has 2 aromatic carbocycles. The molecule has 2 N–H and O–H groups in total. The summed E-state index contributed by atoms with van der Waals surface area (Å²) in [6.45, 7) is 2.16. The van der Waals surface area contributed by atoms with Gasteiger partial charge in [0, 0.05) is 6.07 Å². The molecule has 0 atom stereocenters.